The molecule has 23 heavy (non-hydrogen) atoms. The zero-order valence-corrected chi connectivity index (χ0v) is 14.9. The van der Waals surface area contributed by atoms with Crippen molar-refractivity contribution in [2.45, 2.75) is 51.3 Å². The van der Waals surface area contributed by atoms with E-state index in [1.807, 2.05) is 39.0 Å². The van der Waals surface area contributed by atoms with Crippen molar-refractivity contribution in [3.8, 4) is 0 Å². The molecule has 2 rings (SSSR count). The molecule has 0 bridgehead atoms. The first-order valence-electron chi connectivity index (χ1n) is 8.10. The van der Waals surface area contributed by atoms with Gasteiger partial charge in [-0.1, -0.05) is 17.7 Å². The van der Waals surface area contributed by atoms with Gasteiger partial charge < -0.3 is 10.6 Å². The lowest BCUT2D eigenvalue weighted by atomic mass is 10.1. The molecule has 1 saturated heterocycles. The lowest BCUT2D eigenvalue weighted by Crippen LogP contribution is -2.37. The maximum absolute atomic E-state index is 12.1. The van der Waals surface area contributed by atoms with Crippen molar-refractivity contribution in [3.05, 3.63) is 29.3 Å². The summed E-state index contributed by atoms with van der Waals surface area (Å²) in [5.74, 6) is 0.229. The van der Waals surface area contributed by atoms with Crippen molar-refractivity contribution in [2.75, 3.05) is 17.6 Å². The average Bonchev–Trinajstić information content (AvgIpc) is 2.78. The van der Waals surface area contributed by atoms with Crippen LogP contribution in [0.15, 0.2) is 18.2 Å². The van der Waals surface area contributed by atoms with Crippen LogP contribution in [-0.4, -0.2) is 37.9 Å². The van der Waals surface area contributed by atoms with E-state index in [0.29, 0.717) is 18.7 Å². The summed E-state index contributed by atoms with van der Waals surface area (Å²) in [6.07, 6.45) is 1.78. The molecule has 1 aliphatic rings. The monoisotopic (exact) mass is 338 g/mol. The van der Waals surface area contributed by atoms with Gasteiger partial charge in [0.05, 0.1) is 11.0 Å². The van der Waals surface area contributed by atoms with E-state index in [1.54, 1.807) is 0 Å². The molecule has 0 unspecified atom stereocenters. The Morgan fingerprint density at radius 3 is 2.70 bits per heavy atom. The van der Waals surface area contributed by atoms with Crippen molar-refractivity contribution in [2.24, 2.45) is 0 Å². The largest absolute Gasteiger partial charge is 0.326 e. The Morgan fingerprint density at radius 2 is 2.09 bits per heavy atom. The molecule has 0 saturated carbocycles. The van der Waals surface area contributed by atoms with E-state index in [2.05, 4.69) is 10.6 Å². The summed E-state index contributed by atoms with van der Waals surface area (Å²) in [6.45, 7) is 6.32. The number of carbonyl (C=O) groups excluding carboxylic acids is 1. The quantitative estimate of drug-likeness (QED) is 0.834. The van der Waals surface area contributed by atoms with Crippen LogP contribution in [0.3, 0.4) is 0 Å². The van der Waals surface area contributed by atoms with E-state index in [-0.39, 0.29) is 17.2 Å². The van der Waals surface area contributed by atoms with E-state index >= 15 is 0 Å². The maximum Gasteiger partial charge on any atom is 0.225 e. The highest BCUT2D eigenvalue weighted by atomic mass is 32.2. The zero-order valence-electron chi connectivity index (χ0n) is 14.1. The Bertz CT molecular complexity index is 670. The van der Waals surface area contributed by atoms with Gasteiger partial charge in [-0.3, -0.25) is 4.79 Å². The van der Waals surface area contributed by atoms with Crippen LogP contribution in [-0.2, 0) is 14.6 Å². The third kappa shape index (κ3) is 5.04. The van der Waals surface area contributed by atoms with Gasteiger partial charge in [0.15, 0.2) is 9.84 Å². The molecule has 0 aliphatic carbocycles. The molecular weight excluding hydrogens is 312 g/mol. The van der Waals surface area contributed by atoms with Crippen LogP contribution < -0.4 is 10.6 Å². The summed E-state index contributed by atoms with van der Waals surface area (Å²) in [5, 5.41) is 5.80. The molecule has 1 amide bonds. The first kappa shape index (κ1) is 17.9. The van der Waals surface area contributed by atoms with E-state index in [0.717, 1.165) is 29.7 Å². The predicted molar refractivity (Wildman–Crippen MR) is 93.4 cm³/mol. The second-order valence-corrected chi connectivity index (χ2v) is 8.91. The first-order chi connectivity index (χ1) is 10.8. The number of nitrogens with one attached hydrogen (secondary N) is 2. The van der Waals surface area contributed by atoms with Gasteiger partial charge in [0.25, 0.3) is 0 Å². The molecule has 128 valence electrons. The van der Waals surface area contributed by atoms with Crippen LogP contribution in [0.1, 0.15) is 37.3 Å². The van der Waals surface area contributed by atoms with Crippen LogP contribution in [0.5, 0.6) is 0 Å². The van der Waals surface area contributed by atoms with E-state index in [9.17, 15) is 13.2 Å². The Hall–Kier alpha value is -1.40. The molecule has 1 fully saturated rings. The van der Waals surface area contributed by atoms with Crippen LogP contribution in [0.25, 0.3) is 0 Å². The van der Waals surface area contributed by atoms with Gasteiger partial charge in [-0.05, 0) is 45.2 Å². The van der Waals surface area contributed by atoms with Crippen molar-refractivity contribution in [1.29, 1.82) is 0 Å². The smallest absolute Gasteiger partial charge is 0.225 e. The highest BCUT2D eigenvalue weighted by Gasteiger charge is 2.31. The molecule has 2 atom stereocenters. The summed E-state index contributed by atoms with van der Waals surface area (Å²) in [6, 6.07) is 5.85. The SMILES string of the molecule is Cc1ccc(NC(=O)C[C@@H](C)NC[C@@H]2CCCS2(=O)=O)c(C)c1. The average molecular weight is 338 g/mol. The standard InChI is InChI=1S/C17H26N2O3S/c1-12-6-7-16(13(2)9-12)19-17(20)10-14(3)18-11-15-5-4-8-23(15,21)22/h6-7,9,14-15,18H,4-5,8,10-11H2,1-3H3,(H,19,20)/t14-,15+/m1/s1. The number of hydrogen-bond donors (Lipinski definition) is 2. The van der Waals surface area contributed by atoms with Crippen LogP contribution >= 0.6 is 0 Å². The molecule has 0 radical (unpaired) electrons. The number of carbonyl (C=O) groups is 1. The second-order valence-electron chi connectivity index (χ2n) is 6.51. The third-order valence-electron chi connectivity index (χ3n) is 4.30. The maximum atomic E-state index is 12.1. The molecule has 6 heteroatoms. The van der Waals surface area contributed by atoms with Crippen molar-refractivity contribution in [3.63, 3.8) is 0 Å². The number of sulfone groups is 1. The normalized spacial score (nSPS) is 21.1. The number of rotatable bonds is 6. The van der Waals surface area contributed by atoms with Gasteiger partial charge in [-0.15, -0.1) is 0 Å². The van der Waals surface area contributed by atoms with Crippen molar-refractivity contribution < 1.29 is 13.2 Å². The fourth-order valence-electron chi connectivity index (χ4n) is 2.93. The topological polar surface area (TPSA) is 75.3 Å². The summed E-state index contributed by atoms with van der Waals surface area (Å²) in [4.78, 5) is 12.1. The van der Waals surface area contributed by atoms with Crippen LogP contribution in [0.2, 0.25) is 0 Å². The Kier molecular flexibility index (Phi) is 5.81. The molecule has 2 N–H and O–H groups in total. The van der Waals surface area contributed by atoms with Gasteiger partial charge in [0.1, 0.15) is 0 Å². The van der Waals surface area contributed by atoms with E-state index < -0.39 is 9.84 Å². The number of aryl methyl sites for hydroxylation is 2. The zero-order chi connectivity index (χ0) is 17.0. The Morgan fingerprint density at radius 1 is 1.35 bits per heavy atom. The van der Waals surface area contributed by atoms with E-state index in [4.69, 9.17) is 0 Å². The highest BCUT2D eigenvalue weighted by molar-refractivity contribution is 7.92. The first-order valence-corrected chi connectivity index (χ1v) is 9.81. The summed E-state index contributed by atoms with van der Waals surface area (Å²) in [7, 11) is -2.93. The summed E-state index contributed by atoms with van der Waals surface area (Å²) < 4.78 is 23.6. The van der Waals surface area contributed by atoms with Crippen LogP contribution in [0, 0.1) is 13.8 Å². The molecule has 1 aromatic rings. The van der Waals surface area contributed by atoms with Gasteiger partial charge >= 0.3 is 0 Å². The highest BCUT2D eigenvalue weighted by Crippen LogP contribution is 2.19. The molecule has 0 aromatic heterocycles. The Balaban J connectivity index is 1.80. The van der Waals surface area contributed by atoms with Gasteiger partial charge in [-0.25, -0.2) is 8.42 Å². The Labute approximate surface area is 138 Å². The molecular formula is C17H26N2O3S. The van der Waals surface area contributed by atoms with Crippen LogP contribution in [0.4, 0.5) is 5.69 Å². The van der Waals surface area contributed by atoms with Gasteiger partial charge in [-0.2, -0.15) is 0 Å². The minimum atomic E-state index is -2.93. The third-order valence-corrected chi connectivity index (χ3v) is 6.58. The molecule has 1 aliphatic heterocycles. The minimum Gasteiger partial charge on any atom is -0.326 e. The summed E-state index contributed by atoms with van der Waals surface area (Å²) in [5.41, 5.74) is 3.02. The fourth-order valence-corrected chi connectivity index (χ4v) is 4.70. The molecule has 1 aromatic carbocycles. The molecule has 5 nitrogen and oxygen atoms in total. The van der Waals surface area contributed by atoms with E-state index in [1.165, 1.54) is 0 Å². The lowest BCUT2D eigenvalue weighted by molar-refractivity contribution is -0.116. The minimum absolute atomic E-state index is 0.0587. The van der Waals surface area contributed by atoms with Gasteiger partial charge in [0.2, 0.25) is 5.91 Å². The molecule has 0 spiro atoms. The number of amides is 1. The lowest BCUT2D eigenvalue weighted by Gasteiger charge is -2.17. The predicted octanol–water partition coefficient (Wildman–Crippen LogP) is 2.19. The number of benzene rings is 1. The summed E-state index contributed by atoms with van der Waals surface area (Å²) >= 11 is 0. The number of hydrogen-bond acceptors (Lipinski definition) is 4. The molecule has 1 heterocycles. The van der Waals surface area contributed by atoms with Crippen molar-refractivity contribution >= 4 is 21.4 Å². The fraction of sp³-hybridized carbons (Fsp3) is 0.588. The van der Waals surface area contributed by atoms with Gasteiger partial charge in [0, 0.05) is 24.7 Å². The number of anilines is 1. The van der Waals surface area contributed by atoms with Crippen molar-refractivity contribution in [1.82, 2.24) is 5.32 Å². The second kappa shape index (κ2) is 7.45.